The van der Waals surface area contributed by atoms with Crippen LogP contribution in [0.5, 0.6) is 0 Å². The number of primary amides is 1. The van der Waals surface area contributed by atoms with Crippen molar-refractivity contribution >= 4 is 35.3 Å². The molecule has 1 saturated heterocycles. The first-order valence-corrected chi connectivity index (χ1v) is 7.47. The normalized spacial score (nSPS) is 24.7. The Balaban J connectivity index is 2.26. The van der Waals surface area contributed by atoms with Crippen molar-refractivity contribution in [3.8, 4) is 0 Å². The molecule has 2 amide bonds. The molecule has 0 bridgehead atoms. The van der Waals surface area contributed by atoms with Gasteiger partial charge >= 0.3 is 6.09 Å². The molecule has 2 aliphatic rings. The molecular formula is C13H16N2O6S. The highest BCUT2D eigenvalue weighted by Gasteiger charge is 2.57. The Morgan fingerprint density at radius 1 is 1.45 bits per heavy atom. The predicted octanol–water partition coefficient (Wildman–Crippen LogP) is -0.246. The number of Topliss-reactive ketones (excluding diaryl/α,β-unsaturated/α-hetero) is 2. The van der Waals surface area contributed by atoms with E-state index < -0.39 is 29.3 Å². The summed E-state index contributed by atoms with van der Waals surface area (Å²) in [6, 6.07) is 0. The standard InChI is InChI=1S/C13H16N2O6S/c1-5(16)3-7(18)10-8(4-21-13(14)20)22-12-9(6(2)17)11(19)15(10)12/h6,9,12,17H,3-4H2,1-2H3,(H2,14,20)/t6-,9+,12-/m1/s1. The van der Waals surface area contributed by atoms with E-state index in [-0.39, 0.29) is 30.4 Å². The number of rotatable bonds is 6. The van der Waals surface area contributed by atoms with Crippen molar-refractivity contribution in [3.05, 3.63) is 10.6 Å². The van der Waals surface area contributed by atoms with Crippen LogP contribution in [0.3, 0.4) is 0 Å². The van der Waals surface area contributed by atoms with Gasteiger partial charge in [0.2, 0.25) is 5.91 Å². The van der Waals surface area contributed by atoms with Gasteiger partial charge in [-0.25, -0.2) is 4.79 Å². The number of allylic oxidation sites excluding steroid dienone is 1. The van der Waals surface area contributed by atoms with Gasteiger partial charge in [-0.1, -0.05) is 11.8 Å². The molecule has 0 unspecified atom stereocenters. The molecule has 1 fully saturated rings. The van der Waals surface area contributed by atoms with Crippen molar-refractivity contribution in [2.75, 3.05) is 6.61 Å². The van der Waals surface area contributed by atoms with Gasteiger partial charge in [-0.15, -0.1) is 0 Å². The van der Waals surface area contributed by atoms with Crippen molar-refractivity contribution in [3.63, 3.8) is 0 Å². The Hall–Kier alpha value is -1.87. The molecule has 0 aromatic rings. The van der Waals surface area contributed by atoms with Crippen molar-refractivity contribution in [1.82, 2.24) is 4.90 Å². The van der Waals surface area contributed by atoms with Crippen molar-refractivity contribution < 1.29 is 29.0 Å². The highest BCUT2D eigenvalue weighted by Crippen LogP contribution is 2.50. The number of aliphatic hydroxyl groups is 1. The Kier molecular flexibility index (Phi) is 4.57. The molecule has 0 spiro atoms. The van der Waals surface area contributed by atoms with Crippen LogP contribution in [0.25, 0.3) is 0 Å². The molecule has 2 heterocycles. The molecule has 9 heteroatoms. The number of ether oxygens (including phenoxy) is 1. The Labute approximate surface area is 130 Å². The number of β-lactam (4-membered cyclic amide) rings is 1. The van der Waals surface area contributed by atoms with Gasteiger partial charge < -0.3 is 15.6 Å². The summed E-state index contributed by atoms with van der Waals surface area (Å²) in [4.78, 5) is 47.8. The van der Waals surface area contributed by atoms with E-state index in [0.29, 0.717) is 4.91 Å². The first-order valence-electron chi connectivity index (χ1n) is 6.59. The summed E-state index contributed by atoms with van der Waals surface area (Å²) >= 11 is 1.17. The second kappa shape index (κ2) is 6.09. The Bertz CT molecular complexity index is 585. The number of ketones is 2. The summed E-state index contributed by atoms with van der Waals surface area (Å²) < 4.78 is 4.69. The van der Waals surface area contributed by atoms with E-state index in [1.807, 2.05) is 0 Å². The van der Waals surface area contributed by atoms with E-state index in [0.717, 1.165) is 0 Å². The highest BCUT2D eigenvalue weighted by atomic mass is 32.2. The molecule has 120 valence electrons. The average Bonchev–Trinajstić information content (AvgIpc) is 2.69. The first kappa shape index (κ1) is 16.5. The molecule has 0 aliphatic carbocycles. The molecule has 0 aromatic heterocycles. The van der Waals surface area contributed by atoms with E-state index in [1.165, 1.54) is 30.5 Å². The third kappa shape index (κ3) is 2.86. The number of thioether (sulfide) groups is 1. The fourth-order valence-electron chi connectivity index (χ4n) is 2.47. The number of hydrogen-bond donors (Lipinski definition) is 2. The lowest BCUT2D eigenvalue weighted by molar-refractivity contribution is -0.154. The third-order valence-corrected chi connectivity index (χ3v) is 4.73. The summed E-state index contributed by atoms with van der Waals surface area (Å²) in [7, 11) is 0. The minimum Gasteiger partial charge on any atom is -0.444 e. The van der Waals surface area contributed by atoms with Crippen LogP contribution < -0.4 is 5.73 Å². The number of fused-ring (bicyclic) bond motifs is 1. The van der Waals surface area contributed by atoms with Gasteiger partial charge in [0.1, 0.15) is 23.5 Å². The number of nitrogens with zero attached hydrogens (tertiary/aromatic N) is 1. The van der Waals surface area contributed by atoms with Crippen LogP contribution in [-0.2, 0) is 19.1 Å². The van der Waals surface area contributed by atoms with Crippen LogP contribution in [0.1, 0.15) is 20.3 Å². The van der Waals surface area contributed by atoms with Gasteiger partial charge in [0, 0.05) is 0 Å². The van der Waals surface area contributed by atoms with Gasteiger partial charge in [-0.2, -0.15) is 0 Å². The molecule has 0 saturated carbocycles. The van der Waals surface area contributed by atoms with Gasteiger partial charge in [0.15, 0.2) is 5.78 Å². The smallest absolute Gasteiger partial charge is 0.404 e. The van der Waals surface area contributed by atoms with Gasteiger partial charge in [-0.05, 0) is 13.8 Å². The maximum atomic E-state index is 12.2. The quantitative estimate of drug-likeness (QED) is 0.508. The number of carbonyl (C=O) groups is 4. The van der Waals surface area contributed by atoms with Crippen LogP contribution >= 0.6 is 11.8 Å². The minimum atomic E-state index is -1.00. The SMILES string of the molecule is CC(=O)CC(=O)C1=C(COC(N)=O)S[C@@H]2[C@@H]([C@@H](C)O)C(=O)N12. The minimum absolute atomic E-state index is 0.0633. The van der Waals surface area contributed by atoms with Gasteiger partial charge in [-0.3, -0.25) is 19.3 Å². The summed E-state index contributed by atoms with van der Waals surface area (Å²) in [5.74, 6) is -1.85. The molecule has 2 aliphatic heterocycles. The van der Waals surface area contributed by atoms with Crippen LogP contribution in [0.2, 0.25) is 0 Å². The second-order valence-electron chi connectivity index (χ2n) is 5.16. The van der Waals surface area contributed by atoms with Gasteiger partial charge in [0.05, 0.1) is 23.3 Å². The average molecular weight is 328 g/mol. The fourth-order valence-corrected chi connectivity index (χ4v) is 4.02. The zero-order valence-electron chi connectivity index (χ0n) is 12.1. The lowest BCUT2D eigenvalue weighted by Crippen LogP contribution is -2.60. The van der Waals surface area contributed by atoms with E-state index >= 15 is 0 Å². The molecule has 0 radical (unpaired) electrons. The van der Waals surface area contributed by atoms with E-state index in [2.05, 4.69) is 4.74 Å². The fraction of sp³-hybridized carbons (Fsp3) is 0.538. The van der Waals surface area contributed by atoms with Crippen LogP contribution in [0.4, 0.5) is 4.79 Å². The van der Waals surface area contributed by atoms with Crippen molar-refractivity contribution in [2.45, 2.75) is 31.7 Å². The summed E-state index contributed by atoms with van der Waals surface area (Å²) in [6.07, 6.45) is -2.20. The van der Waals surface area contributed by atoms with E-state index in [1.54, 1.807) is 0 Å². The van der Waals surface area contributed by atoms with Crippen molar-refractivity contribution in [1.29, 1.82) is 0 Å². The first-order chi connectivity index (χ1) is 10.2. The highest BCUT2D eigenvalue weighted by molar-refractivity contribution is 8.04. The molecule has 2 rings (SSSR count). The zero-order chi connectivity index (χ0) is 16.6. The lowest BCUT2D eigenvalue weighted by Gasteiger charge is -2.44. The lowest BCUT2D eigenvalue weighted by atomic mass is 9.91. The number of aliphatic hydroxyl groups excluding tert-OH is 1. The number of nitrogens with two attached hydrogens (primary N) is 1. The summed E-state index contributed by atoms with van der Waals surface area (Å²) in [5.41, 5.74) is 4.97. The maximum Gasteiger partial charge on any atom is 0.404 e. The molecule has 3 N–H and O–H groups in total. The van der Waals surface area contributed by atoms with Crippen LogP contribution in [0, 0.1) is 5.92 Å². The summed E-state index contributed by atoms with van der Waals surface area (Å²) in [5, 5.41) is 9.21. The largest absolute Gasteiger partial charge is 0.444 e. The second-order valence-corrected chi connectivity index (χ2v) is 6.38. The Morgan fingerprint density at radius 2 is 2.09 bits per heavy atom. The van der Waals surface area contributed by atoms with Gasteiger partial charge in [0.25, 0.3) is 0 Å². The van der Waals surface area contributed by atoms with E-state index in [9.17, 15) is 24.3 Å². The molecule has 8 nitrogen and oxygen atoms in total. The summed E-state index contributed by atoms with van der Waals surface area (Å²) in [6.45, 7) is 2.52. The van der Waals surface area contributed by atoms with Crippen molar-refractivity contribution in [2.24, 2.45) is 11.7 Å². The predicted molar refractivity (Wildman–Crippen MR) is 76.3 cm³/mol. The topological polar surface area (TPSA) is 127 Å². The Morgan fingerprint density at radius 3 is 2.59 bits per heavy atom. The van der Waals surface area contributed by atoms with Crippen LogP contribution in [0.15, 0.2) is 10.6 Å². The zero-order valence-corrected chi connectivity index (χ0v) is 12.9. The van der Waals surface area contributed by atoms with E-state index in [4.69, 9.17) is 5.73 Å². The maximum absolute atomic E-state index is 12.2. The monoisotopic (exact) mass is 328 g/mol. The molecular weight excluding hydrogens is 312 g/mol. The number of carbonyl (C=O) groups excluding carboxylic acids is 4. The van der Waals surface area contributed by atoms with Crippen LogP contribution in [-0.4, -0.2) is 51.7 Å². The molecule has 0 aromatic carbocycles. The molecule has 22 heavy (non-hydrogen) atoms. The number of hydrogen-bond acceptors (Lipinski definition) is 7. The number of amides is 2. The molecule has 3 atom stereocenters. The third-order valence-electron chi connectivity index (χ3n) is 3.39.